The van der Waals surface area contributed by atoms with Gasteiger partial charge in [-0.15, -0.1) is 0 Å². The highest BCUT2D eigenvalue weighted by Crippen LogP contribution is 2.45. The third-order valence-electron chi connectivity index (χ3n) is 7.77. The fourth-order valence-electron chi connectivity index (χ4n) is 4.76. The van der Waals surface area contributed by atoms with Crippen LogP contribution in [0.2, 0.25) is 18.1 Å². The van der Waals surface area contributed by atoms with Gasteiger partial charge in [-0.1, -0.05) is 78.4 Å². The highest BCUT2D eigenvalue weighted by Gasteiger charge is 2.44. The van der Waals surface area contributed by atoms with Gasteiger partial charge in [-0.25, -0.2) is 0 Å². The van der Waals surface area contributed by atoms with Crippen molar-refractivity contribution < 1.29 is 14.0 Å². The second kappa shape index (κ2) is 15.4. The first-order valence-electron chi connectivity index (χ1n) is 14.0. The molecule has 0 radical (unpaired) electrons. The van der Waals surface area contributed by atoms with Crippen LogP contribution in [-0.2, 0) is 14.0 Å². The number of carbonyl (C=O) groups excluding carboxylic acids is 1. The smallest absolute Gasteiger partial charge is 0.306 e. The molecule has 3 atom stereocenters. The lowest BCUT2D eigenvalue weighted by molar-refractivity contribution is -0.147. The molecule has 1 rings (SSSR count). The molecule has 0 heterocycles. The van der Waals surface area contributed by atoms with Crippen LogP contribution in [0, 0.1) is 11.8 Å². The van der Waals surface area contributed by atoms with Gasteiger partial charge in [0.2, 0.25) is 0 Å². The van der Waals surface area contributed by atoms with Gasteiger partial charge < -0.3 is 9.16 Å². The summed E-state index contributed by atoms with van der Waals surface area (Å²) in [6, 6.07) is 0. The van der Waals surface area contributed by atoms with Crippen molar-refractivity contribution in [2.24, 2.45) is 11.8 Å². The van der Waals surface area contributed by atoms with Gasteiger partial charge in [0.25, 0.3) is 0 Å². The molecule has 4 heteroatoms. The van der Waals surface area contributed by atoms with Gasteiger partial charge in [-0.3, -0.25) is 4.79 Å². The Morgan fingerprint density at radius 2 is 1.67 bits per heavy atom. The van der Waals surface area contributed by atoms with Crippen molar-refractivity contribution in [3.8, 4) is 0 Å². The van der Waals surface area contributed by atoms with E-state index in [9.17, 15) is 4.79 Å². The van der Waals surface area contributed by atoms with Crippen molar-refractivity contribution >= 4 is 14.3 Å². The lowest BCUT2D eigenvalue weighted by Gasteiger charge is -2.40. The van der Waals surface area contributed by atoms with Crippen LogP contribution in [-0.4, -0.2) is 26.5 Å². The van der Waals surface area contributed by atoms with E-state index < -0.39 is 8.32 Å². The predicted octanol–water partition coefficient (Wildman–Crippen LogP) is 9.22. The van der Waals surface area contributed by atoms with Crippen molar-refractivity contribution in [2.75, 3.05) is 0 Å². The molecule has 1 saturated carbocycles. The summed E-state index contributed by atoms with van der Waals surface area (Å²) in [5, 5.41) is 0.270. The second-order valence-electron chi connectivity index (χ2n) is 12.1. The van der Waals surface area contributed by atoms with E-state index in [4.69, 9.17) is 9.16 Å². The minimum absolute atomic E-state index is 0.0135. The SMILES string of the molecule is CCCCCCCC[C@H]1C(O[Si](C)(C)C(C)(C)C)CC[C@@H]1C/C=C\CCCC(=O)OC(C)C. The van der Waals surface area contributed by atoms with Gasteiger partial charge in [-0.05, 0) is 82.3 Å². The molecule has 194 valence electrons. The molecule has 3 nitrogen and oxygen atoms in total. The normalized spacial score (nSPS) is 21.9. The first kappa shape index (κ1) is 30.4. The van der Waals surface area contributed by atoms with E-state index in [2.05, 4.69) is 52.9 Å². The van der Waals surface area contributed by atoms with Gasteiger partial charge in [-0.2, -0.15) is 0 Å². The zero-order chi connectivity index (χ0) is 24.9. The summed E-state index contributed by atoms with van der Waals surface area (Å²) in [6.07, 6.45) is 20.7. The van der Waals surface area contributed by atoms with Crippen LogP contribution in [0.25, 0.3) is 0 Å². The van der Waals surface area contributed by atoms with E-state index in [1.807, 2.05) is 13.8 Å². The Hall–Kier alpha value is -0.613. The van der Waals surface area contributed by atoms with Crippen molar-refractivity contribution in [3.05, 3.63) is 12.2 Å². The zero-order valence-electron chi connectivity index (χ0n) is 23.4. The molecular formula is C29H56O3Si. The maximum Gasteiger partial charge on any atom is 0.306 e. The molecule has 0 amide bonds. The average Bonchev–Trinajstić information content (AvgIpc) is 3.06. The summed E-state index contributed by atoms with van der Waals surface area (Å²) in [5.74, 6) is 1.38. The Morgan fingerprint density at radius 1 is 1.00 bits per heavy atom. The first-order chi connectivity index (χ1) is 15.5. The van der Waals surface area contributed by atoms with E-state index in [1.165, 1.54) is 57.8 Å². The molecule has 1 unspecified atom stereocenters. The molecule has 0 N–H and O–H groups in total. The second-order valence-corrected chi connectivity index (χ2v) is 16.9. The van der Waals surface area contributed by atoms with E-state index in [0.717, 1.165) is 25.2 Å². The summed E-state index contributed by atoms with van der Waals surface area (Å²) in [4.78, 5) is 11.7. The van der Waals surface area contributed by atoms with Crippen LogP contribution >= 0.6 is 0 Å². The van der Waals surface area contributed by atoms with Crippen LogP contribution in [0.1, 0.15) is 125 Å². The van der Waals surface area contributed by atoms with Gasteiger partial charge >= 0.3 is 5.97 Å². The summed E-state index contributed by atoms with van der Waals surface area (Å²) in [6.45, 7) is 18.0. The van der Waals surface area contributed by atoms with Crippen LogP contribution in [0.5, 0.6) is 0 Å². The van der Waals surface area contributed by atoms with Crippen LogP contribution in [0.15, 0.2) is 12.2 Å². The molecule has 33 heavy (non-hydrogen) atoms. The molecule has 0 aliphatic heterocycles. The Balaban J connectivity index is 2.57. The standard InChI is InChI=1S/C29H56O3Si/c1-9-10-11-12-13-17-20-26-25(19-16-14-15-18-21-28(30)31-24(2)3)22-23-27(26)32-33(7,8)29(4,5)6/h14,16,24-27H,9-13,15,17-23H2,1-8H3/b16-14-/t25-,26+,27?/m0/s1. The Morgan fingerprint density at radius 3 is 2.30 bits per heavy atom. The fraction of sp³-hybridized carbons (Fsp3) is 0.897. The molecule has 0 aromatic heterocycles. The Bertz CT molecular complexity index is 562. The third kappa shape index (κ3) is 12.1. The van der Waals surface area contributed by atoms with E-state index in [1.54, 1.807) is 0 Å². The number of rotatable bonds is 16. The van der Waals surface area contributed by atoms with Crippen LogP contribution < -0.4 is 0 Å². The van der Waals surface area contributed by atoms with Crippen molar-refractivity contribution in [2.45, 2.75) is 155 Å². The van der Waals surface area contributed by atoms with Gasteiger partial charge in [0.1, 0.15) is 0 Å². The van der Waals surface area contributed by atoms with Gasteiger partial charge in [0.15, 0.2) is 8.32 Å². The van der Waals surface area contributed by atoms with E-state index >= 15 is 0 Å². The predicted molar refractivity (Wildman–Crippen MR) is 145 cm³/mol. The number of carbonyl (C=O) groups is 1. The molecular weight excluding hydrogens is 424 g/mol. The Labute approximate surface area is 207 Å². The van der Waals surface area contributed by atoms with Crippen molar-refractivity contribution in [1.29, 1.82) is 0 Å². The largest absolute Gasteiger partial charge is 0.463 e. The van der Waals surface area contributed by atoms with Crippen molar-refractivity contribution in [1.82, 2.24) is 0 Å². The van der Waals surface area contributed by atoms with Gasteiger partial charge in [0, 0.05) is 12.5 Å². The number of ether oxygens (including phenoxy) is 1. The lowest BCUT2D eigenvalue weighted by atomic mass is 9.87. The topological polar surface area (TPSA) is 35.5 Å². The van der Waals surface area contributed by atoms with E-state index in [0.29, 0.717) is 18.4 Å². The number of hydrogen-bond donors (Lipinski definition) is 0. The minimum atomic E-state index is -1.74. The minimum Gasteiger partial charge on any atom is -0.463 e. The number of hydrogen-bond acceptors (Lipinski definition) is 3. The summed E-state index contributed by atoms with van der Waals surface area (Å²) in [5.41, 5.74) is 0. The van der Waals surface area contributed by atoms with Gasteiger partial charge in [0.05, 0.1) is 6.10 Å². The van der Waals surface area contributed by atoms with E-state index in [-0.39, 0.29) is 17.1 Å². The highest BCUT2D eigenvalue weighted by atomic mass is 28.4. The Kier molecular flexibility index (Phi) is 14.2. The average molecular weight is 481 g/mol. The summed E-state index contributed by atoms with van der Waals surface area (Å²) >= 11 is 0. The molecule has 1 fully saturated rings. The third-order valence-corrected chi connectivity index (χ3v) is 12.3. The molecule has 0 bridgehead atoms. The fourth-order valence-corrected chi connectivity index (χ4v) is 6.16. The number of unbranched alkanes of at least 4 members (excludes halogenated alkanes) is 6. The first-order valence-corrected chi connectivity index (χ1v) is 16.9. The highest BCUT2D eigenvalue weighted by molar-refractivity contribution is 6.74. The van der Waals surface area contributed by atoms with Crippen LogP contribution in [0.3, 0.4) is 0 Å². The molecule has 0 spiro atoms. The summed E-state index contributed by atoms with van der Waals surface area (Å²) in [7, 11) is -1.74. The molecule has 1 aliphatic rings. The molecule has 0 saturated heterocycles. The summed E-state index contributed by atoms with van der Waals surface area (Å²) < 4.78 is 12.2. The quantitative estimate of drug-likeness (QED) is 0.0955. The van der Waals surface area contributed by atoms with Crippen LogP contribution in [0.4, 0.5) is 0 Å². The number of allylic oxidation sites excluding steroid dienone is 2. The molecule has 0 aromatic carbocycles. The maximum absolute atomic E-state index is 11.7. The molecule has 1 aliphatic carbocycles. The zero-order valence-corrected chi connectivity index (χ0v) is 24.4. The van der Waals surface area contributed by atoms with Crippen molar-refractivity contribution in [3.63, 3.8) is 0 Å². The number of esters is 1. The monoisotopic (exact) mass is 480 g/mol. The molecule has 0 aromatic rings. The maximum atomic E-state index is 11.7. The lowest BCUT2D eigenvalue weighted by Crippen LogP contribution is -2.45.